The minimum Gasteiger partial charge on any atom is -0.378 e. The third kappa shape index (κ3) is 4.85. The fraction of sp³-hybridized carbons (Fsp3) is 0.941. The van der Waals surface area contributed by atoms with Gasteiger partial charge in [0.2, 0.25) is 0 Å². The van der Waals surface area contributed by atoms with Gasteiger partial charge >= 0.3 is 0 Å². The molecule has 5 heteroatoms. The second kappa shape index (κ2) is 9.36. The molecule has 0 bridgehead atoms. The topological polar surface area (TPSA) is 40.1 Å². The van der Waals surface area contributed by atoms with Crippen molar-refractivity contribution in [3.05, 3.63) is 0 Å². The van der Waals surface area contributed by atoms with Crippen molar-refractivity contribution in [2.24, 2.45) is 4.99 Å². The maximum absolute atomic E-state index is 5.75. The first-order chi connectivity index (χ1) is 10.8. The molecule has 0 aromatic rings. The quantitative estimate of drug-likeness (QED) is 0.601. The van der Waals surface area contributed by atoms with Crippen LogP contribution in [0.2, 0.25) is 0 Å². The summed E-state index contributed by atoms with van der Waals surface area (Å²) in [6.45, 7) is 13.7. The number of nitrogens with one attached hydrogen (secondary N) is 1. The zero-order valence-corrected chi connectivity index (χ0v) is 14.7. The Morgan fingerprint density at radius 2 is 1.91 bits per heavy atom. The number of guanidine groups is 1. The number of aliphatic imine (C=N–C) groups is 1. The van der Waals surface area contributed by atoms with E-state index in [2.05, 4.69) is 35.9 Å². The summed E-state index contributed by atoms with van der Waals surface area (Å²) in [7, 11) is 0. The molecular weight excluding hydrogens is 276 g/mol. The predicted molar refractivity (Wildman–Crippen MR) is 92.5 cm³/mol. The number of likely N-dealkylation sites (tertiary alicyclic amines) is 2. The first-order valence-electron chi connectivity index (χ1n) is 9.17. The Morgan fingerprint density at radius 3 is 2.55 bits per heavy atom. The van der Waals surface area contributed by atoms with Crippen LogP contribution >= 0.6 is 0 Å². The first kappa shape index (κ1) is 17.5. The van der Waals surface area contributed by atoms with Crippen LogP contribution in [0.25, 0.3) is 0 Å². The van der Waals surface area contributed by atoms with E-state index in [9.17, 15) is 0 Å². The predicted octanol–water partition coefficient (Wildman–Crippen LogP) is 1.94. The van der Waals surface area contributed by atoms with Crippen molar-refractivity contribution in [3.8, 4) is 0 Å². The molecule has 0 unspecified atom stereocenters. The summed E-state index contributed by atoms with van der Waals surface area (Å²) < 4.78 is 5.75. The molecule has 2 heterocycles. The van der Waals surface area contributed by atoms with Gasteiger partial charge in [-0.3, -0.25) is 9.89 Å². The van der Waals surface area contributed by atoms with Gasteiger partial charge in [0, 0.05) is 32.3 Å². The summed E-state index contributed by atoms with van der Waals surface area (Å²) in [5.41, 5.74) is 0. The highest BCUT2D eigenvalue weighted by Gasteiger charge is 2.24. The lowest BCUT2D eigenvalue weighted by atomic mass is 10.1. The molecule has 0 aromatic carbocycles. The van der Waals surface area contributed by atoms with Crippen molar-refractivity contribution in [2.45, 2.75) is 58.6 Å². The van der Waals surface area contributed by atoms with Crippen LogP contribution in [0.5, 0.6) is 0 Å². The molecule has 0 spiro atoms. The fourth-order valence-corrected chi connectivity index (χ4v) is 3.61. The molecule has 2 fully saturated rings. The van der Waals surface area contributed by atoms with E-state index in [1.54, 1.807) is 0 Å². The van der Waals surface area contributed by atoms with Crippen LogP contribution in [0.1, 0.15) is 46.5 Å². The normalized spacial score (nSPS) is 25.0. The monoisotopic (exact) mass is 310 g/mol. The minimum atomic E-state index is 0.439. The number of piperidine rings is 1. The smallest absolute Gasteiger partial charge is 0.193 e. The summed E-state index contributed by atoms with van der Waals surface area (Å²) in [5.74, 6) is 1.10. The summed E-state index contributed by atoms with van der Waals surface area (Å²) in [6, 6.07) is 0.639. The molecule has 2 saturated heterocycles. The van der Waals surface area contributed by atoms with E-state index in [0.717, 1.165) is 58.1 Å². The van der Waals surface area contributed by atoms with Crippen LogP contribution in [0.4, 0.5) is 0 Å². The summed E-state index contributed by atoms with van der Waals surface area (Å²) in [6.07, 6.45) is 5.29. The number of hydrogen-bond acceptors (Lipinski definition) is 3. The van der Waals surface area contributed by atoms with Gasteiger partial charge < -0.3 is 15.0 Å². The van der Waals surface area contributed by atoms with E-state index < -0.39 is 0 Å². The number of ether oxygens (including phenoxy) is 1. The molecule has 2 rings (SSSR count). The molecule has 0 saturated carbocycles. The Bertz CT molecular complexity index is 340. The summed E-state index contributed by atoms with van der Waals surface area (Å²) in [5, 5.41) is 3.47. The average Bonchev–Trinajstić information content (AvgIpc) is 3.00. The second-order valence-electron chi connectivity index (χ2n) is 6.26. The van der Waals surface area contributed by atoms with Gasteiger partial charge in [-0.2, -0.15) is 0 Å². The zero-order chi connectivity index (χ0) is 15.8. The van der Waals surface area contributed by atoms with Crippen LogP contribution in [0.3, 0.4) is 0 Å². The molecule has 128 valence electrons. The number of rotatable bonds is 6. The van der Waals surface area contributed by atoms with Crippen molar-refractivity contribution < 1.29 is 4.74 Å². The molecule has 0 aliphatic carbocycles. The number of hydrogen-bond donors (Lipinski definition) is 1. The van der Waals surface area contributed by atoms with E-state index in [1.807, 2.05) is 0 Å². The summed E-state index contributed by atoms with van der Waals surface area (Å²) >= 11 is 0. The SMILES string of the molecule is CCNC(=NC[C@H]1CCCN1CC)N1CCC(OCC)CC1. The lowest BCUT2D eigenvalue weighted by Crippen LogP contribution is -2.47. The molecule has 2 aliphatic rings. The minimum absolute atomic E-state index is 0.439. The standard InChI is InChI=1S/C17H34N4O/c1-4-18-17(19-14-15-8-7-11-20(15)5-2)21-12-9-16(10-13-21)22-6-3/h15-16H,4-14H2,1-3H3,(H,18,19)/t15-/m1/s1. The Labute approximate surface area is 136 Å². The molecule has 5 nitrogen and oxygen atoms in total. The molecule has 22 heavy (non-hydrogen) atoms. The Hall–Kier alpha value is -0.810. The van der Waals surface area contributed by atoms with E-state index in [-0.39, 0.29) is 0 Å². The number of nitrogens with zero attached hydrogens (tertiary/aromatic N) is 3. The van der Waals surface area contributed by atoms with Gasteiger partial charge in [0.1, 0.15) is 0 Å². The maximum Gasteiger partial charge on any atom is 0.193 e. The highest BCUT2D eigenvalue weighted by Crippen LogP contribution is 2.17. The zero-order valence-electron chi connectivity index (χ0n) is 14.7. The van der Waals surface area contributed by atoms with E-state index in [4.69, 9.17) is 9.73 Å². The second-order valence-corrected chi connectivity index (χ2v) is 6.26. The van der Waals surface area contributed by atoms with Gasteiger partial charge in [0.05, 0.1) is 12.6 Å². The summed E-state index contributed by atoms with van der Waals surface area (Å²) in [4.78, 5) is 9.91. The van der Waals surface area contributed by atoms with Crippen molar-refractivity contribution in [1.82, 2.24) is 15.1 Å². The van der Waals surface area contributed by atoms with Gasteiger partial charge in [0.25, 0.3) is 0 Å². The molecular formula is C17H34N4O. The van der Waals surface area contributed by atoms with E-state index >= 15 is 0 Å². The van der Waals surface area contributed by atoms with Crippen molar-refractivity contribution in [1.29, 1.82) is 0 Å². The Morgan fingerprint density at radius 1 is 1.14 bits per heavy atom. The maximum atomic E-state index is 5.75. The Balaban J connectivity index is 1.87. The van der Waals surface area contributed by atoms with E-state index in [0.29, 0.717) is 12.1 Å². The highest BCUT2D eigenvalue weighted by molar-refractivity contribution is 5.80. The largest absolute Gasteiger partial charge is 0.378 e. The third-order valence-electron chi connectivity index (χ3n) is 4.84. The van der Waals surface area contributed by atoms with Crippen LogP contribution in [0, 0.1) is 0 Å². The van der Waals surface area contributed by atoms with Crippen LogP contribution in [-0.4, -0.2) is 73.8 Å². The highest BCUT2D eigenvalue weighted by atomic mass is 16.5. The van der Waals surface area contributed by atoms with Crippen LogP contribution in [-0.2, 0) is 4.74 Å². The lowest BCUT2D eigenvalue weighted by Gasteiger charge is -2.34. The van der Waals surface area contributed by atoms with Crippen LogP contribution in [0.15, 0.2) is 4.99 Å². The third-order valence-corrected chi connectivity index (χ3v) is 4.84. The van der Waals surface area contributed by atoms with Gasteiger partial charge in [-0.1, -0.05) is 6.92 Å². The van der Waals surface area contributed by atoms with Gasteiger partial charge in [-0.05, 0) is 52.6 Å². The van der Waals surface area contributed by atoms with Crippen molar-refractivity contribution in [3.63, 3.8) is 0 Å². The molecule has 2 aliphatic heterocycles. The average molecular weight is 310 g/mol. The first-order valence-corrected chi connectivity index (χ1v) is 9.17. The van der Waals surface area contributed by atoms with Gasteiger partial charge in [-0.15, -0.1) is 0 Å². The van der Waals surface area contributed by atoms with Gasteiger partial charge in [-0.25, -0.2) is 0 Å². The molecule has 0 aromatic heterocycles. The Kier molecular flexibility index (Phi) is 7.46. The molecule has 1 atom stereocenters. The fourth-order valence-electron chi connectivity index (χ4n) is 3.61. The van der Waals surface area contributed by atoms with Crippen molar-refractivity contribution >= 4 is 5.96 Å². The number of likely N-dealkylation sites (N-methyl/N-ethyl adjacent to an activating group) is 1. The van der Waals surface area contributed by atoms with Crippen molar-refractivity contribution in [2.75, 3.05) is 45.9 Å². The van der Waals surface area contributed by atoms with Crippen LogP contribution < -0.4 is 5.32 Å². The molecule has 0 radical (unpaired) electrons. The molecule has 1 N–H and O–H groups in total. The van der Waals surface area contributed by atoms with E-state index in [1.165, 1.54) is 19.4 Å². The lowest BCUT2D eigenvalue weighted by molar-refractivity contribution is 0.0263. The van der Waals surface area contributed by atoms with Gasteiger partial charge in [0.15, 0.2) is 5.96 Å². The molecule has 0 amide bonds.